The number of aliphatic hydroxyl groups is 1. The molecule has 1 unspecified atom stereocenters. The van der Waals surface area contributed by atoms with Crippen molar-refractivity contribution in [3.63, 3.8) is 0 Å². The van der Waals surface area contributed by atoms with Crippen molar-refractivity contribution in [2.45, 2.75) is 33.4 Å². The Hall–Kier alpha value is -1.21. The number of ether oxygens (including phenoxy) is 4. The molecule has 0 aromatic heterocycles. The lowest BCUT2D eigenvalue weighted by atomic mass is 9.89. The van der Waals surface area contributed by atoms with Crippen LogP contribution in [-0.4, -0.2) is 50.1 Å². The summed E-state index contributed by atoms with van der Waals surface area (Å²) < 4.78 is 21.8. The number of hydrogen-bond acceptors (Lipinski definition) is 6. The van der Waals surface area contributed by atoms with Gasteiger partial charge in [-0.2, -0.15) is 0 Å². The van der Waals surface area contributed by atoms with Gasteiger partial charge in [0.2, 0.25) is 0 Å². The summed E-state index contributed by atoms with van der Waals surface area (Å²) in [5.41, 5.74) is -0.837. The molecular formula is C16H26O6. The Morgan fingerprint density at radius 3 is 2.55 bits per heavy atom. The van der Waals surface area contributed by atoms with E-state index in [9.17, 15) is 9.90 Å². The van der Waals surface area contributed by atoms with E-state index in [1.54, 1.807) is 0 Å². The molecule has 6 nitrogen and oxygen atoms in total. The molecule has 22 heavy (non-hydrogen) atoms. The minimum atomic E-state index is -0.996. The summed E-state index contributed by atoms with van der Waals surface area (Å²) in [6.07, 6.45) is 0.956. The van der Waals surface area contributed by atoms with E-state index in [4.69, 9.17) is 18.9 Å². The molecule has 1 atom stereocenters. The standard InChI is InChI=1S/C16H26O6/c1-6-12(17)19-8-15(3,4)14-21-10-16(5,11-22-14)9-20-13(18)7-2/h6-7,13-14,18H,1-2,8-11H2,3-5H3. The Morgan fingerprint density at radius 2 is 2.05 bits per heavy atom. The molecule has 0 bridgehead atoms. The van der Waals surface area contributed by atoms with Crippen LogP contribution in [0.2, 0.25) is 0 Å². The lowest BCUT2D eigenvalue weighted by Gasteiger charge is -2.42. The largest absolute Gasteiger partial charge is 0.462 e. The average Bonchev–Trinajstić information content (AvgIpc) is 2.50. The van der Waals surface area contributed by atoms with Crippen LogP contribution in [0.4, 0.5) is 0 Å². The Kier molecular flexibility index (Phi) is 6.74. The van der Waals surface area contributed by atoms with E-state index in [0.717, 1.165) is 6.08 Å². The lowest BCUT2D eigenvalue weighted by Crippen LogP contribution is -2.49. The fraction of sp³-hybridized carbons (Fsp3) is 0.688. The van der Waals surface area contributed by atoms with Gasteiger partial charge in [0.15, 0.2) is 12.6 Å². The van der Waals surface area contributed by atoms with Crippen LogP contribution in [0.5, 0.6) is 0 Å². The van der Waals surface area contributed by atoms with E-state index in [1.807, 2.05) is 20.8 Å². The molecule has 6 heteroatoms. The predicted molar refractivity (Wildman–Crippen MR) is 80.9 cm³/mol. The second-order valence-electron chi connectivity index (χ2n) is 6.50. The van der Waals surface area contributed by atoms with Crippen molar-refractivity contribution in [2.75, 3.05) is 26.4 Å². The molecular weight excluding hydrogens is 288 g/mol. The van der Waals surface area contributed by atoms with Gasteiger partial charge in [0.25, 0.3) is 0 Å². The van der Waals surface area contributed by atoms with Crippen LogP contribution in [0.1, 0.15) is 20.8 Å². The highest BCUT2D eigenvalue weighted by Gasteiger charge is 2.41. The zero-order valence-corrected chi connectivity index (χ0v) is 13.5. The minimum Gasteiger partial charge on any atom is -0.462 e. The fourth-order valence-corrected chi connectivity index (χ4v) is 1.92. The van der Waals surface area contributed by atoms with Gasteiger partial charge in [0.1, 0.15) is 6.61 Å². The lowest BCUT2D eigenvalue weighted by molar-refractivity contribution is -0.281. The monoisotopic (exact) mass is 314 g/mol. The third-order valence-corrected chi connectivity index (χ3v) is 3.36. The molecule has 126 valence electrons. The van der Waals surface area contributed by atoms with Crippen molar-refractivity contribution < 1.29 is 28.8 Å². The molecule has 0 amide bonds. The summed E-state index contributed by atoms with van der Waals surface area (Å²) in [5.74, 6) is -0.472. The van der Waals surface area contributed by atoms with Crippen LogP contribution in [-0.2, 0) is 23.7 Å². The third-order valence-electron chi connectivity index (χ3n) is 3.36. The summed E-state index contributed by atoms with van der Waals surface area (Å²) in [6.45, 7) is 13.8. The predicted octanol–water partition coefficient (Wildman–Crippen LogP) is 1.64. The first kappa shape index (κ1) is 18.8. The van der Waals surface area contributed by atoms with Crippen LogP contribution in [0.15, 0.2) is 25.3 Å². The van der Waals surface area contributed by atoms with E-state index in [0.29, 0.717) is 19.8 Å². The van der Waals surface area contributed by atoms with Gasteiger partial charge >= 0.3 is 5.97 Å². The topological polar surface area (TPSA) is 74.2 Å². The minimum absolute atomic E-state index is 0.172. The second kappa shape index (κ2) is 7.87. The van der Waals surface area contributed by atoms with Crippen LogP contribution in [0.3, 0.4) is 0 Å². The maximum Gasteiger partial charge on any atom is 0.330 e. The molecule has 1 rings (SSSR count). The maximum absolute atomic E-state index is 11.2. The van der Waals surface area contributed by atoms with Gasteiger partial charge in [0, 0.05) is 16.9 Å². The number of esters is 1. The molecule has 0 aromatic carbocycles. The number of carbonyl (C=O) groups is 1. The molecule has 0 aromatic rings. The van der Waals surface area contributed by atoms with Gasteiger partial charge < -0.3 is 24.1 Å². The van der Waals surface area contributed by atoms with Crippen molar-refractivity contribution in [1.29, 1.82) is 0 Å². The molecule has 0 aliphatic carbocycles. The van der Waals surface area contributed by atoms with E-state index in [1.165, 1.54) is 6.08 Å². The van der Waals surface area contributed by atoms with Crippen molar-refractivity contribution >= 4 is 5.97 Å². The molecule has 1 N–H and O–H groups in total. The van der Waals surface area contributed by atoms with E-state index < -0.39 is 24.0 Å². The van der Waals surface area contributed by atoms with Gasteiger partial charge in [-0.1, -0.05) is 33.9 Å². The van der Waals surface area contributed by atoms with Gasteiger partial charge in [0.05, 0.1) is 19.8 Å². The molecule has 1 aliphatic heterocycles. The molecule has 0 spiro atoms. The number of carbonyl (C=O) groups excluding carboxylic acids is 1. The fourth-order valence-electron chi connectivity index (χ4n) is 1.92. The smallest absolute Gasteiger partial charge is 0.330 e. The number of hydrogen-bond donors (Lipinski definition) is 1. The van der Waals surface area contributed by atoms with E-state index in [2.05, 4.69) is 13.2 Å². The zero-order valence-electron chi connectivity index (χ0n) is 13.5. The Labute approximate surface area is 131 Å². The molecule has 1 heterocycles. The molecule has 1 fully saturated rings. The highest BCUT2D eigenvalue weighted by molar-refractivity contribution is 5.81. The highest BCUT2D eigenvalue weighted by atomic mass is 16.7. The van der Waals surface area contributed by atoms with Gasteiger partial charge in [-0.3, -0.25) is 0 Å². The van der Waals surface area contributed by atoms with Crippen molar-refractivity contribution in [1.82, 2.24) is 0 Å². The third kappa shape index (κ3) is 5.53. The summed E-state index contributed by atoms with van der Waals surface area (Å²) in [5, 5.41) is 9.35. The molecule has 0 saturated carbocycles. The van der Waals surface area contributed by atoms with Gasteiger partial charge in [-0.15, -0.1) is 0 Å². The van der Waals surface area contributed by atoms with E-state index >= 15 is 0 Å². The van der Waals surface area contributed by atoms with Crippen LogP contribution >= 0.6 is 0 Å². The van der Waals surface area contributed by atoms with Crippen molar-refractivity contribution in [2.24, 2.45) is 10.8 Å². The molecule has 1 aliphatic rings. The first-order chi connectivity index (χ1) is 10.2. The van der Waals surface area contributed by atoms with Gasteiger partial charge in [-0.25, -0.2) is 4.79 Å². The SMILES string of the molecule is C=CC(=O)OCC(C)(C)C1OCC(C)(COC(O)C=C)CO1. The Morgan fingerprint density at radius 1 is 1.45 bits per heavy atom. The Balaban J connectivity index is 2.47. The quantitative estimate of drug-likeness (QED) is 0.318. The molecule has 0 radical (unpaired) electrons. The first-order valence-electron chi connectivity index (χ1n) is 7.17. The Bertz CT molecular complexity index is 395. The normalized spacial score (nSPS) is 27.0. The first-order valence-corrected chi connectivity index (χ1v) is 7.17. The van der Waals surface area contributed by atoms with Gasteiger partial charge in [-0.05, 0) is 6.08 Å². The van der Waals surface area contributed by atoms with Crippen molar-refractivity contribution in [3.05, 3.63) is 25.3 Å². The summed E-state index contributed by atoms with van der Waals surface area (Å²) in [4.78, 5) is 11.2. The summed E-state index contributed by atoms with van der Waals surface area (Å²) in [7, 11) is 0. The van der Waals surface area contributed by atoms with Crippen LogP contribution in [0.25, 0.3) is 0 Å². The number of rotatable bonds is 8. The number of aliphatic hydroxyl groups excluding tert-OH is 1. The highest BCUT2D eigenvalue weighted by Crippen LogP contribution is 2.33. The van der Waals surface area contributed by atoms with Crippen LogP contribution < -0.4 is 0 Å². The van der Waals surface area contributed by atoms with Crippen LogP contribution in [0, 0.1) is 10.8 Å². The molecule has 1 saturated heterocycles. The second-order valence-corrected chi connectivity index (χ2v) is 6.50. The maximum atomic E-state index is 11.2. The van der Waals surface area contributed by atoms with Crippen molar-refractivity contribution in [3.8, 4) is 0 Å². The summed E-state index contributed by atoms with van der Waals surface area (Å²) >= 11 is 0. The van der Waals surface area contributed by atoms with E-state index in [-0.39, 0.29) is 12.0 Å². The summed E-state index contributed by atoms with van der Waals surface area (Å²) in [6, 6.07) is 0. The zero-order chi connectivity index (χ0) is 16.8. The average molecular weight is 314 g/mol.